The number of nitrogens with one attached hydrogen (secondary N) is 1. The van der Waals surface area contributed by atoms with Crippen LogP contribution in [-0.2, 0) is 0 Å². The van der Waals surface area contributed by atoms with Crippen LogP contribution in [0.25, 0.3) is 106 Å². The molecular weight excluding hydrogens is 709 g/mol. The number of nitrogens with zero attached hydrogens (tertiary/aromatic N) is 5. The molecule has 0 unspecified atom stereocenters. The Labute approximate surface area is 334 Å². The number of fused-ring (bicyclic) bond motifs is 4. The summed E-state index contributed by atoms with van der Waals surface area (Å²) >= 11 is 0. The summed E-state index contributed by atoms with van der Waals surface area (Å²) in [5, 5.41) is 2.09. The van der Waals surface area contributed by atoms with Gasteiger partial charge in [0, 0.05) is 49.7 Å². The molecule has 6 heteroatoms. The van der Waals surface area contributed by atoms with E-state index in [1.807, 2.05) is 24.3 Å². The number of imidazole rings is 1. The third kappa shape index (κ3) is 5.83. The van der Waals surface area contributed by atoms with Crippen LogP contribution in [0.1, 0.15) is 0 Å². The fraction of sp³-hybridized carbons (Fsp3) is 0. The molecule has 0 bridgehead atoms. The number of H-pyrrole nitrogens is 1. The largest absolute Gasteiger partial charge is 0.354 e. The summed E-state index contributed by atoms with van der Waals surface area (Å²) in [6.07, 6.45) is 0. The molecule has 0 aliphatic rings. The van der Waals surface area contributed by atoms with E-state index in [1.54, 1.807) is 0 Å². The van der Waals surface area contributed by atoms with Gasteiger partial charge in [0.15, 0.2) is 17.5 Å². The van der Waals surface area contributed by atoms with E-state index in [2.05, 4.69) is 185 Å². The second kappa shape index (κ2) is 14.0. The fourth-order valence-corrected chi connectivity index (χ4v) is 8.08. The van der Waals surface area contributed by atoms with Gasteiger partial charge in [0.2, 0.25) is 0 Å². The Morgan fingerprint density at radius 2 is 0.845 bits per heavy atom. The predicted octanol–water partition coefficient (Wildman–Crippen LogP) is 12.8. The van der Waals surface area contributed by atoms with Gasteiger partial charge < -0.3 is 4.98 Å². The van der Waals surface area contributed by atoms with Gasteiger partial charge in [-0.3, -0.25) is 4.57 Å². The SMILES string of the molecule is c1ccc(-c2ccc(-c3nc(-c4cccc(-c5ccccc5)c4)nc(-c4cccc5[nH]c6cccc(-c7nc8ccccc8n7-c7ccccc7)c6c45)n3)cc2)cc1. The number of aromatic nitrogens is 6. The molecule has 58 heavy (non-hydrogen) atoms. The fourth-order valence-electron chi connectivity index (χ4n) is 8.08. The van der Waals surface area contributed by atoms with Crippen LogP contribution in [0.3, 0.4) is 0 Å². The van der Waals surface area contributed by atoms with Crippen LogP contribution in [0.15, 0.2) is 200 Å². The van der Waals surface area contributed by atoms with Crippen molar-refractivity contribution in [3.8, 4) is 73.5 Å². The number of benzene rings is 8. The second-order valence-electron chi connectivity index (χ2n) is 14.4. The summed E-state index contributed by atoms with van der Waals surface area (Å²) in [5.74, 6) is 2.66. The molecule has 272 valence electrons. The molecule has 0 aliphatic heterocycles. The summed E-state index contributed by atoms with van der Waals surface area (Å²) in [4.78, 5) is 24.7. The number of hydrogen-bond donors (Lipinski definition) is 1. The lowest BCUT2D eigenvalue weighted by atomic mass is 10.0. The van der Waals surface area contributed by atoms with Gasteiger partial charge in [-0.05, 0) is 64.7 Å². The number of aromatic amines is 1. The zero-order chi connectivity index (χ0) is 38.4. The Balaban J connectivity index is 1.14. The van der Waals surface area contributed by atoms with Crippen molar-refractivity contribution < 1.29 is 0 Å². The summed E-state index contributed by atoms with van der Waals surface area (Å²) in [6, 6.07) is 69.2. The van der Waals surface area contributed by atoms with Gasteiger partial charge in [0.05, 0.1) is 11.0 Å². The zero-order valence-corrected chi connectivity index (χ0v) is 31.3. The first-order chi connectivity index (χ1) is 28.7. The number of rotatable bonds is 7. The minimum absolute atomic E-state index is 0.593. The van der Waals surface area contributed by atoms with Crippen molar-refractivity contribution in [3.05, 3.63) is 200 Å². The predicted molar refractivity (Wildman–Crippen MR) is 236 cm³/mol. The maximum absolute atomic E-state index is 5.28. The van der Waals surface area contributed by atoms with Crippen molar-refractivity contribution >= 4 is 32.8 Å². The van der Waals surface area contributed by atoms with E-state index in [0.29, 0.717) is 17.5 Å². The summed E-state index contributed by atoms with van der Waals surface area (Å²) in [6.45, 7) is 0. The molecule has 1 N–H and O–H groups in total. The molecule has 0 fully saturated rings. The van der Waals surface area contributed by atoms with E-state index >= 15 is 0 Å². The average Bonchev–Trinajstić information content (AvgIpc) is 3.89. The lowest BCUT2D eigenvalue weighted by molar-refractivity contribution is 1.08. The molecule has 0 amide bonds. The summed E-state index contributed by atoms with van der Waals surface area (Å²) < 4.78 is 2.25. The van der Waals surface area contributed by atoms with E-state index in [4.69, 9.17) is 19.9 Å². The van der Waals surface area contributed by atoms with Gasteiger partial charge in [0.1, 0.15) is 5.82 Å². The molecule has 0 saturated carbocycles. The molecule has 11 aromatic rings. The first-order valence-electron chi connectivity index (χ1n) is 19.4. The maximum atomic E-state index is 5.28. The van der Waals surface area contributed by atoms with Crippen molar-refractivity contribution in [2.24, 2.45) is 0 Å². The summed E-state index contributed by atoms with van der Waals surface area (Å²) in [7, 11) is 0. The number of hydrogen-bond acceptors (Lipinski definition) is 4. The normalized spacial score (nSPS) is 11.4. The van der Waals surface area contributed by atoms with Gasteiger partial charge in [-0.1, -0.05) is 158 Å². The highest BCUT2D eigenvalue weighted by molar-refractivity contribution is 6.19. The van der Waals surface area contributed by atoms with E-state index in [9.17, 15) is 0 Å². The smallest absolute Gasteiger partial charge is 0.164 e. The van der Waals surface area contributed by atoms with E-state index in [0.717, 1.165) is 88.9 Å². The van der Waals surface area contributed by atoms with E-state index in [-0.39, 0.29) is 0 Å². The molecule has 11 rings (SSSR count). The highest BCUT2D eigenvalue weighted by Crippen LogP contribution is 2.41. The first-order valence-corrected chi connectivity index (χ1v) is 19.4. The Morgan fingerprint density at radius 3 is 1.57 bits per heavy atom. The van der Waals surface area contributed by atoms with Gasteiger partial charge >= 0.3 is 0 Å². The molecule has 0 spiro atoms. The van der Waals surface area contributed by atoms with Gasteiger partial charge in [0.25, 0.3) is 0 Å². The lowest BCUT2D eigenvalue weighted by Gasteiger charge is -2.12. The van der Waals surface area contributed by atoms with Crippen molar-refractivity contribution in [3.63, 3.8) is 0 Å². The molecule has 6 nitrogen and oxygen atoms in total. The van der Waals surface area contributed by atoms with Crippen LogP contribution in [0, 0.1) is 0 Å². The van der Waals surface area contributed by atoms with Crippen molar-refractivity contribution in [2.75, 3.05) is 0 Å². The van der Waals surface area contributed by atoms with Crippen LogP contribution in [0.2, 0.25) is 0 Å². The minimum Gasteiger partial charge on any atom is -0.354 e. The standard InChI is InChI=1S/C52H34N6/c1-4-15-34(16-5-1)36-29-31-37(32-30-36)49-55-50(39-20-12-19-38(33-39)35-17-6-2-7-18-35)57-51(56-49)41-23-13-26-44-47(41)48-42(24-14-27-45(48)53-44)52-54-43-25-10-11-28-46(43)58(52)40-21-8-3-9-22-40/h1-33,53H. The van der Waals surface area contributed by atoms with Gasteiger partial charge in [-0.25, -0.2) is 19.9 Å². The third-order valence-electron chi connectivity index (χ3n) is 10.8. The number of para-hydroxylation sites is 3. The summed E-state index contributed by atoms with van der Waals surface area (Å²) in [5.41, 5.74) is 13.3. The van der Waals surface area contributed by atoms with Crippen LogP contribution >= 0.6 is 0 Å². The van der Waals surface area contributed by atoms with Crippen LogP contribution in [0.4, 0.5) is 0 Å². The van der Waals surface area contributed by atoms with Crippen molar-refractivity contribution in [1.82, 2.24) is 29.5 Å². The Bertz CT molecular complexity index is 3260. The van der Waals surface area contributed by atoms with E-state index in [1.165, 1.54) is 0 Å². The maximum Gasteiger partial charge on any atom is 0.164 e. The molecule has 0 atom stereocenters. The highest BCUT2D eigenvalue weighted by atomic mass is 15.1. The van der Waals surface area contributed by atoms with Crippen molar-refractivity contribution in [1.29, 1.82) is 0 Å². The minimum atomic E-state index is 0.593. The molecule has 3 heterocycles. The average molecular weight is 743 g/mol. The first kappa shape index (κ1) is 33.4. The Morgan fingerprint density at radius 1 is 0.345 bits per heavy atom. The Hall–Kier alpha value is -7.96. The lowest BCUT2D eigenvalue weighted by Crippen LogP contribution is -2.01. The van der Waals surface area contributed by atoms with Crippen molar-refractivity contribution in [2.45, 2.75) is 0 Å². The molecule has 0 aliphatic carbocycles. The molecule has 0 radical (unpaired) electrons. The van der Waals surface area contributed by atoms with Gasteiger partial charge in [-0.15, -0.1) is 0 Å². The zero-order valence-electron chi connectivity index (χ0n) is 31.3. The second-order valence-corrected chi connectivity index (χ2v) is 14.4. The molecule has 0 saturated heterocycles. The molecule has 3 aromatic heterocycles. The third-order valence-corrected chi connectivity index (χ3v) is 10.8. The topological polar surface area (TPSA) is 72.3 Å². The van der Waals surface area contributed by atoms with Crippen LogP contribution in [0.5, 0.6) is 0 Å². The molecular formula is C52H34N6. The van der Waals surface area contributed by atoms with E-state index < -0.39 is 0 Å². The Kier molecular flexibility index (Phi) is 8.04. The highest BCUT2D eigenvalue weighted by Gasteiger charge is 2.22. The van der Waals surface area contributed by atoms with Crippen LogP contribution in [-0.4, -0.2) is 29.5 Å². The quantitative estimate of drug-likeness (QED) is 0.176. The van der Waals surface area contributed by atoms with Gasteiger partial charge in [-0.2, -0.15) is 0 Å². The molecule has 8 aromatic carbocycles. The van der Waals surface area contributed by atoms with Crippen LogP contribution < -0.4 is 0 Å². The monoisotopic (exact) mass is 742 g/mol.